The summed E-state index contributed by atoms with van der Waals surface area (Å²) in [5.41, 5.74) is 5.35. The molecule has 5 heteroatoms. The second kappa shape index (κ2) is 16.7. The van der Waals surface area contributed by atoms with Crippen LogP contribution in [-0.2, 0) is 25.5 Å². The van der Waals surface area contributed by atoms with E-state index in [0.29, 0.717) is 28.0 Å². The van der Waals surface area contributed by atoms with Crippen LogP contribution in [0.3, 0.4) is 0 Å². The number of hydrogen-bond donors (Lipinski definition) is 0. The molecule has 0 aliphatic carbocycles. The first-order valence-electron chi connectivity index (χ1n) is 24.4. The van der Waals surface area contributed by atoms with E-state index in [-0.39, 0.29) is 48.4 Å². The van der Waals surface area contributed by atoms with Gasteiger partial charge in [0.1, 0.15) is 5.58 Å². The van der Waals surface area contributed by atoms with Crippen molar-refractivity contribution in [1.29, 1.82) is 0 Å². The van der Waals surface area contributed by atoms with Gasteiger partial charge in [0.05, 0.1) is 6.95 Å². The molecular weight excluding hydrogens is 925 g/mol. The van der Waals surface area contributed by atoms with Gasteiger partial charge >= 0.3 is 0 Å². The predicted molar refractivity (Wildman–Crippen MR) is 252 cm³/mol. The molecule has 0 spiro atoms. The predicted octanol–water partition coefficient (Wildman–Crippen LogP) is 15.5. The van der Waals surface area contributed by atoms with Gasteiger partial charge in [0.15, 0.2) is 0 Å². The number of hydrogen-bond acceptors (Lipinski definition) is 3. The maximum atomic E-state index is 8.98. The normalized spacial score (nSPS) is 17.1. The van der Waals surface area contributed by atoms with Gasteiger partial charge in [-0.2, -0.15) is 0 Å². The zero-order chi connectivity index (χ0) is 47.7. The number of aryl methyl sites for hydroxylation is 2. The number of nitrogens with zero attached hydrogens (tertiary/aromatic N) is 2. The van der Waals surface area contributed by atoms with E-state index in [4.69, 9.17) is 15.4 Å². The van der Waals surface area contributed by atoms with Crippen LogP contribution >= 0.6 is 0 Å². The molecule has 303 valence electrons. The van der Waals surface area contributed by atoms with Crippen molar-refractivity contribution in [2.24, 2.45) is 0 Å². The van der Waals surface area contributed by atoms with E-state index in [2.05, 4.69) is 71.6 Å². The molecule has 1 aliphatic heterocycles. The Morgan fingerprint density at radius 2 is 1.50 bits per heavy atom. The molecule has 1 fully saturated rings. The Morgan fingerprint density at radius 3 is 2.25 bits per heavy atom. The Kier molecular flexibility index (Phi) is 9.06. The molecule has 10 rings (SSSR count). The zero-order valence-electron chi connectivity index (χ0n) is 42.6. The summed E-state index contributed by atoms with van der Waals surface area (Å²) in [5, 5.41) is 6.16. The van der Waals surface area contributed by atoms with Crippen LogP contribution in [0.25, 0.3) is 77.1 Å². The van der Waals surface area contributed by atoms with Crippen molar-refractivity contribution >= 4 is 51.6 Å². The van der Waals surface area contributed by atoms with Gasteiger partial charge < -0.3 is 14.4 Å². The molecule has 0 amide bonds. The first-order chi connectivity index (χ1) is 31.6. The van der Waals surface area contributed by atoms with Gasteiger partial charge in [-0.25, -0.2) is 0 Å². The molecule has 0 saturated carbocycles. The van der Waals surface area contributed by atoms with Crippen LogP contribution in [0.4, 0.5) is 0 Å². The third-order valence-electron chi connectivity index (χ3n) is 11.9. The van der Waals surface area contributed by atoms with Crippen LogP contribution in [0.2, 0.25) is 25.2 Å². The van der Waals surface area contributed by atoms with Gasteiger partial charge in [-0.1, -0.05) is 130 Å². The minimum absolute atomic E-state index is 0. The fourth-order valence-electron chi connectivity index (χ4n) is 8.22. The molecular formula is C55H52IrN2OSi-2. The average molecular weight is 985 g/mol. The summed E-state index contributed by atoms with van der Waals surface area (Å²) in [7, 11) is -1.02. The number of pyridine rings is 2. The SMILES string of the molecule is [2H]C1(c2ccc(-c3[c-]cccc3)nc2)CC[Si](C)(C)CC1.[2H]c1cc(C(C)(C)C)cc(C([2H])([2H])[2H])c1-c1cc(-c2[c-]ccc3c2oc2cc4c(ccc5ccccc54)cc23)ncc1C([2H])([2H])[2H].[Ir]. The molecule has 60 heavy (non-hydrogen) atoms. The fourth-order valence-corrected chi connectivity index (χ4v) is 10.4. The summed E-state index contributed by atoms with van der Waals surface area (Å²) >= 11 is 0. The summed E-state index contributed by atoms with van der Waals surface area (Å²) in [6, 6.07) is 45.9. The smallest absolute Gasteiger partial charge is 0.121 e. The molecule has 4 heterocycles. The number of furan rings is 1. The standard InChI is InChI=1S/C37H30NO.C18H22NSi.Ir/c1-22-17-26(37(3,4)5)15-16-27(22)31-19-34(38-21-23(31)2)30-12-8-11-29-33-18-25-14-13-24-9-6-7-10-28(24)32(25)20-35(33)39-36(29)30;1-20(2)12-10-15(11-13-20)17-8-9-18(19-14-17)16-6-4-3-5-7-16;/h6-11,13-21H,1-5H3;3-6,8-9,14-15H,10-13H2,1-2H3;/q2*-1;/i1D3,2D3,16D;15D;. The van der Waals surface area contributed by atoms with Gasteiger partial charge in [-0.3, -0.25) is 0 Å². The Morgan fingerprint density at radius 1 is 0.717 bits per heavy atom. The molecule has 0 N–H and O–H groups in total. The van der Waals surface area contributed by atoms with Gasteiger partial charge in [-0.15, -0.1) is 54.1 Å². The fraction of sp³-hybridized carbons (Fsp3) is 0.236. The van der Waals surface area contributed by atoms with Gasteiger partial charge in [0.25, 0.3) is 0 Å². The van der Waals surface area contributed by atoms with E-state index < -0.39 is 33.1 Å². The zero-order valence-corrected chi connectivity index (χ0v) is 38.0. The second-order valence-electron chi connectivity index (χ2n) is 17.6. The van der Waals surface area contributed by atoms with Crippen molar-refractivity contribution in [1.82, 2.24) is 9.97 Å². The van der Waals surface area contributed by atoms with Crippen molar-refractivity contribution in [2.75, 3.05) is 0 Å². The van der Waals surface area contributed by atoms with Crippen LogP contribution in [0.15, 0.2) is 138 Å². The molecule has 1 radical (unpaired) electrons. The third kappa shape index (κ3) is 8.28. The molecule has 3 nitrogen and oxygen atoms in total. The van der Waals surface area contributed by atoms with Crippen molar-refractivity contribution in [2.45, 2.75) is 83.8 Å². The maximum absolute atomic E-state index is 8.98. The van der Waals surface area contributed by atoms with Crippen LogP contribution in [0.5, 0.6) is 0 Å². The van der Waals surface area contributed by atoms with Gasteiger partial charge in [0.2, 0.25) is 0 Å². The Labute approximate surface area is 380 Å². The summed E-state index contributed by atoms with van der Waals surface area (Å²) in [5.74, 6) is -0.422. The molecule has 0 bridgehead atoms. The van der Waals surface area contributed by atoms with Crippen molar-refractivity contribution in [3.8, 4) is 33.6 Å². The molecule has 6 aromatic carbocycles. The quantitative estimate of drug-likeness (QED) is 0.100. The van der Waals surface area contributed by atoms with E-state index in [1.165, 1.54) is 18.3 Å². The van der Waals surface area contributed by atoms with E-state index in [9.17, 15) is 0 Å². The van der Waals surface area contributed by atoms with E-state index in [1.807, 2.05) is 81.6 Å². The Bertz CT molecular complexity index is 3310. The van der Waals surface area contributed by atoms with Crippen LogP contribution in [0.1, 0.15) is 72.7 Å². The number of fused-ring (bicyclic) bond motifs is 6. The van der Waals surface area contributed by atoms with Crippen molar-refractivity contribution < 1.29 is 35.5 Å². The number of rotatable bonds is 4. The van der Waals surface area contributed by atoms with Crippen molar-refractivity contribution in [3.05, 3.63) is 168 Å². The van der Waals surface area contributed by atoms with Gasteiger partial charge in [-0.05, 0) is 116 Å². The van der Waals surface area contributed by atoms with E-state index in [1.54, 1.807) is 24.3 Å². The minimum Gasteiger partial charge on any atom is -0.501 e. The molecule has 0 unspecified atom stereocenters. The second-order valence-corrected chi connectivity index (χ2v) is 22.9. The van der Waals surface area contributed by atoms with E-state index >= 15 is 0 Å². The van der Waals surface area contributed by atoms with Crippen LogP contribution in [-0.4, -0.2) is 18.0 Å². The Balaban J connectivity index is 0.000000238. The monoisotopic (exact) mass is 985 g/mol. The van der Waals surface area contributed by atoms with Crippen LogP contribution < -0.4 is 0 Å². The first-order valence-corrected chi connectivity index (χ1v) is 23.8. The van der Waals surface area contributed by atoms with Crippen molar-refractivity contribution in [3.63, 3.8) is 0 Å². The average Bonchev–Trinajstić information content (AvgIpc) is 3.66. The number of aromatic nitrogens is 2. The third-order valence-corrected chi connectivity index (χ3v) is 15.1. The summed E-state index contributed by atoms with van der Waals surface area (Å²) in [4.78, 5) is 9.11. The largest absolute Gasteiger partial charge is 0.501 e. The topological polar surface area (TPSA) is 38.9 Å². The Hall–Kier alpha value is -5.19. The summed E-state index contributed by atoms with van der Waals surface area (Å²) < 4.78 is 74.1. The first kappa shape index (κ1) is 32.6. The summed E-state index contributed by atoms with van der Waals surface area (Å²) in [6.07, 6.45) is 5.15. The summed E-state index contributed by atoms with van der Waals surface area (Å²) in [6.45, 7) is 5.51. The van der Waals surface area contributed by atoms with Crippen LogP contribution in [0, 0.1) is 25.8 Å². The number of benzene rings is 6. The maximum Gasteiger partial charge on any atom is 0.121 e. The van der Waals surface area contributed by atoms with Gasteiger partial charge in [0, 0.05) is 55.6 Å². The minimum atomic E-state index is -2.61. The molecule has 0 atom stereocenters. The molecule has 1 aliphatic rings. The van der Waals surface area contributed by atoms with E-state index in [0.717, 1.165) is 62.0 Å². The molecule has 3 aromatic heterocycles. The molecule has 1 saturated heterocycles. The molecule has 9 aromatic rings.